The van der Waals surface area contributed by atoms with Gasteiger partial charge >= 0.3 is 11.9 Å². The van der Waals surface area contributed by atoms with Crippen molar-refractivity contribution >= 4 is 11.9 Å². The molecule has 2 aliphatic heterocycles. The summed E-state index contributed by atoms with van der Waals surface area (Å²) in [5.41, 5.74) is 0.642. The Hall–Kier alpha value is -2.52. The zero-order chi connectivity index (χ0) is 33.0. The van der Waals surface area contributed by atoms with Gasteiger partial charge in [0.15, 0.2) is 0 Å². The van der Waals surface area contributed by atoms with Gasteiger partial charge in [-0.1, -0.05) is 86.6 Å². The third-order valence-corrected chi connectivity index (χ3v) is 10.2. The summed E-state index contributed by atoms with van der Waals surface area (Å²) < 4.78 is 23.8. The molecule has 1 spiro atoms. The molecule has 0 aromatic carbocycles. The molecule has 256 valence electrons. The highest BCUT2D eigenvalue weighted by molar-refractivity contribution is 5.82. The van der Waals surface area contributed by atoms with Crippen LogP contribution in [0, 0.1) is 5.92 Å². The van der Waals surface area contributed by atoms with Gasteiger partial charge in [-0.2, -0.15) is 0 Å². The third kappa shape index (κ3) is 10.8. The Morgan fingerprint density at radius 1 is 0.870 bits per heavy atom. The highest BCUT2D eigenvalue weighted by atomic mass is 16.6. The molecule has 5 fully saturated rings. The van der Waals surface area contributed by atoms with Crippen molar-refractivity contribution in [2.24, 2.45) is 5.92 Å². The Balaban J connectivity index is 0.000000305. The second kappa shape index (κ2) is 17.6. The van der Waals surface area contributed by atoms with E-state index in [1.165, 1.54) is 81.9 Å². The summed E-state index contributed by atoms with van der Waals surface area (Å²) in [6.45, 7) is 6.96. The normalized spacial score (nSPS) is 33.4. The molecule has 3 aliphatic carbocycles. The van der Waals surface area contributed by atoms with E-state index in [0.29, 0.717) is 13.0 Å². The third-order valence-electron chi connectivity index (χ3n) is 10.2. The van der Waals surface area contributed by atoms with E-state index in [4.69, 9.17) is 24.1 Å². The lowest BCUT2D eigenvalue weighted by Crippen LogP contribution is -2.55. The molecule has 8 nitrogen and oxygen atoms in total. The highest BCUT2D eigenvalue weighted by Crippen LogP contribution is 2.59. The Bertz CT molecular complexity index is 1120. The number of carbonyl (C=O) groups is 2. The van der Waals surface area contributed by atoms with Crippen molar-refractivity contribution < 1.29 is 33.6 Å². The van der Waals surface area contributed by atoms with E-state index in [1.54, 1.807) is 37.5 Å². The number of hydrogen-bond donors (Lipinski definition) is 2. The predicted molar refractivity (Wildman–Crippen MR) is 180 cm³/mol. The highest BCUT2D eigenvalue weighted by Gasteiger charge is 2.72. The first-order valence-corrected chi connectivity index (χ1v) is 17.5. The first kappa shape index (κ1) is 36.3. The summed E-state index contributed by atoms with van der Waals surface area (Å²) in [7, 11) is 1.65. The minimum atomic E-state index is -1.00. The molecule has 46 heavy (non-hydrogen) atoms. The summed E-state index contributed by atoms with van der Waals surface area (Å²) >= 11 is 0. The minimum Gasteiger partial charge on any atom is -0.478 e. The second-order valence-corrected chi connectivity index (χ2v) is 14.0. The van der Waals surface area contributed by atoms with Gasteiger partial charge in [0, 0.05) is 31.3 Å². The van der Waals surface area contributed by atoms with Crippen LogP contribution in [0.25, 0.3) is 0 Å². The average molecular weight is 640 g/mol. The number of methoxy groups -OCH3 is 1. The van der Waals surface area contributed by atoms with Gasteiger partial charge in [-0.3, -0.25) is 0 Å². The first-order valence-electron chi connectivity index (χ1n) is 17.5. The molecule has 2 saturated heterocycles. The van der Waals surface area contributed by atoms with Crippen LogP contribution in [0.3, 0.4) is 0 Å². The Morgan fingerprint density at radius 2 is 1.43 bits per heavy atom. The Morgan fingerprint density at radius 3 is 1.96 bits per heavy atom. The van der Waals surface area contributed by atoms with Crippen LogP contribution >= 0.6 is 0 Å². The maximum atomic E-state index is 12.4. The number of rotatable bonds is 12. The molecule has 5 rings (SSSR count). The number of ether oxygens (including phenoxy) is 4. The lowest BCUT2D eigenvalue weighted by atomic mass is 9.68. The Labute approximate surface area is 276 Å². The van der Waals surface area contributed by atoms with E-state index in [9.17, 15) is 9.59 Å². The fourth-order valence-corrected chi connectivity index (χ4v) is 7.66. The van der Waals surface area contributed by atoms with E-state index in [1.807, 2.05) is 0 Å². The van der Waals surface area contributed by atoms with Gasteiger partial charge in [-0.25, -0.2) is 9.59 Å². The second-order valence-electron chi connectivity index (χ2n) is 14.0. The van der Waals surface area contributed by atoms with Gasteiger partial charge in [-0.15, -0.1) is 0 Å². The van der Waals surface area contributed by atoms with Crippen LogP contribution < -0.4 is 5.32 Å². The molecule has 2 heterocycles. The lowest BCUT2D eigenvalue weighted by molar-refractivity contribution is -0.166. The number of carboxylic acids is 1. The monoisotopic (exact) mass is 639 g/mol. The molecule has 0 amide bonds. The molecule has 2 N–H and O–H groups in total. The lowest BCUT2D eigenvalue weighted by Gasteiger charge is -2.42. The van der Waals surface area contributed by atoms with Crippen molar-refractivity contribution in [3.8, 4) is 0 Å². The molecule has 0 radical (unpaired) electrons. The predicted octanol–water partition coefficient (Wildman–Crippen LogP) is 7.16. The van der Waals surface area contributed by atoms with Crippen molar-refractivity contribution in [2.75, 3.05) is 13.7 Å². The van der Waals surface area contributed by atoms with Crippen LogP contribution in [0.15, 0.2) is 60.3 Å². The zero-order valence-corrected chi connectivity index (χ0v) is 28.5. The van der Waals surface area contributed by atoms with Crippen molar-refractivity contribution in [3.05, 3.63) is 60.3 Å². The molecule has 6 atom stereocenters. The summed E-state index contributed by atoms with van der Waals surface area (Å²) in [5.74, 6) is -1.45. The van der Waals surface area contributed by atoms with Crippen LogP contribution in [0.4, 0.5) is 0 Å². The van der Waals surface area contributed by atoms with Crippen molar-refractivity contribution in [1.29, 1.82) is 0 Å². The van der Waals surface area contributed by atoms with Gasteiger partial charge in [0.1, 0.15) is 23.4 Å². The number of esters is 1. The maximum absolute atomic E-state index is 12.4. The van der Waals surface area contributed by atoms with Crippen LogP contribution in [-0.2, 0) is 28.5 Å². The van der Waals surface area contributed by atoms with Crippen molar-refractivity contribution in [1.82, 2.24) is 5.32 Å². The maximum Gasteiger partial charge on any atom is 0.331 e. The standard InChI is InChI=1S/C26H34O7.C12H23N/c1-18(2)13-14-20-25(3,33-20)24-23(30-4)19(15-16-26(24)17-31-26)32-22(29)12-10-8-6-5-7-9-11-21(27)28;1-3-7-11(8-4-1)13-12-9-5-2-6-10-12/h5-13,19-20,23-24H,14-17H2,1-4H3,(H,27,28);11-13H,1-10H2. The molecule has 0 bridgehead atoms. The van der Waals surface area contributed by atoms with E-state index >= 15 is 0 Å². The van der Waals surface area contributed by atoms with E-state index < -0.39 is 11.9 Å². The van der Waals surface area contributed by atoms with Gasteiger partial charge < -0.3 is 29.4 Å². The number of carbonyl (C=O) groups excluding carboxylic acids is 1. The Kier molecular flexibility index (Phi) is 13.9. The molecule has 0 aromatic heterocycles. The van der Waals surface area contributed by atoms with Crippen LogP contribution in [-0.4, -0.2) is 72.4 Å². The van der Waals surface area contributed by atoms with Crippen molar-refractivity contribution in [2.45, 2.75) is 146 Å². The molecular weight excluding hydrogens is 582 g/mol. The minimum absolute atomic E-state index is 0.00928. The van der Waals surface area contributed by atoms with Crippen LogP contribution in [0.2, 0.25) is 0 Å². The van der Waals surface area contributed by atoms with E-state index in [0.717, 1.165) is 31.0 Å². The SMILES string of the molecule is C1CCC(NC2CCCCC2)CC1.COC1C(OC(=O)C=CC=CC=CC=CC(=O)O)CCC2(CO2)C1C1(C)OC1CC=C(C)C. The average Bonchev–Trinajstić information content (AvgIpc) is 3.96. The number of allylic oxidation sites excluding steroid dienone is 7. The smallest absolute Gasteiger partial charge is 0.331 e. The topological polar surface area (TPSA) is 110 Å². The molecule has 0 aromatic rings. The zero-order valence-electron chi connectivity index (χ0n) is 28.5. The summed E-state index contributed by atoms with van der Waals surface area (Å²) in [4.78, 5) is 22.8. The van der Waals surface area contributed by atoms with Crippen LogP contribution in [0.1, 0.15) is 104 Å². The van der Waals surface area contributed by atoms with Gasteiger partial charge in [0.05, 0.1) is 18.6 Å². The number of aliphatic carboxylic acids is 1. The number of epoxide rings is 2. The number of nitrogens with one attached hydrogen (secondary N) is 1. The van der Waals surface area contributed by atoms with E-state index in [2.05, 4.69) is 32.2 Å². The number of carboxylic acid groups (broad SMARTS) is 1. The van der Waals surface area contributed by atoms with Gasteiger partial charge in [0.25, 0.3) is 0 Å². The largest absolute Gasteiger partial charge is 0.478 e. The van der Waals surface area contributed by atoms with Crippen molar-refractivity contribution in [3.63, 3.8) is 0 Å². The van der Waals surface area contributed by atoms with E-state index in [-0.39, 0.29) is 35.4 Å². The number of hydrogen-bond acceptors (Lipinski definition) is 7. The fraction of sp³-hybridized carbons (Fsp3) is 0.684. The summed E-state index contributed by atoms with van der Waals surface area (Å²) in [5, 5.41) is 12.4. The molecular formula is C38H57NO7. The summed E-state index contributed by atoms with van der Waals surface area (Å²) in [6.07, 6.45) is 30.5. The van der Waals surface area contributed by atoms with Gasteiger partial charge in [0.2, 0.25) is 0 Å². The first-order chi connectivity index (χ1) is 22.2. The van der Waals surface area contributed by atoms with Crippen LogP contribution in [0.5, 0.6) is 0 Å². The summed E-state index contributed by atoms with van der Waals surface area (Å²) in [6, 6.07) is 1.74. The fourth-order valence-electron chi connectivity index (χ4n) is 7.66. The molecule has 3 saturated carbocycles. The van der Waals surface area contributed by atoms with Gasteiger partial charge in [-0.05, 0) is 65.7 Å². The molecule has 5 aliphatic rings. The quantitative estimate of drug-likeness (QED) is 0.0762. The molecule has 8 heteroatoms. The molecule has 6 unspecified atom stereocenters.